The molecule has 0 bridgehead atoms. The van der Waals surface area contributed by atoms with Crippen molar-refractivity contribution in [2.24, 2.45) is 0 Å². The van der Waals surface area contributed by atoms with Crippen molar-refractivity contribution in [3.8, 4) is 0 Å². The lowest BCUT2D eigenvalue weighted by Gasteiger charge is -2.35. The number of amides is 1. The lowest BCUT2D eigenvalue weighted by molar-refractivity contribution is -0.137. The summed E-state index contributed by atoms with van der Waals surface area (Å²) < 4.78 is 40.4. The Hall–Kier alpha value is -3.42. The van der Waals surface area contributed by atoms with Gasteiger partial charge in [-0.25, -0.2) is 4.98 Å². The van der Waals surface area contributed by atoms with Crippen molar-refractivity contribution in [2.75, 3.05) is 10.2 Å². The molecule has 1 amide bonds. The second-order valence-electron chi connectivity index (χ2n) is 7.97. The summed E-state index contributed by atoms with van der Waals surface area (Å²) in [6.07, 6.45) is -1.06. The van der Waals surface area contributed by atoms with E-state index in [0.717, 1.165) is 23.3 Å². The minimum absolute atomic E-state index is 0.0687. The van der Waals surface area contributed by atoms with Gasteiger partial charge in [0, 0.05) is 35.9 Å². The van der Waals surface area contributed by atoms with Crippen molar-refractivity contribution in [1.82, 2.24) is 9.97 Å². The predicted molar refractivity (Wildman–Crippen MR) is 112 cm³/mol. The van der Waals surface area contributed by atoms with E-state index in [1.54, 1.807) is 36.4 Å². The number of pyridine rings is 2. The molecule has 0 radical (unpaired) electrons. The second-order valence-corrected chi connectivity index (χ2v) is 7.97. The van der Waals surface area contributed by atoms with Gasteiger partial charge in [-0.1, -0.05) is 12.1 Å². The molecule has 0 saturated carbocycles. The van der Waals surface area contributed by atoms with Gasteiger partial charge in [0.05, 0.1) is 5.56 Å². The number of hydrogen-bond acceptors (Lipinski definition) is 4. The maximum absolute atomic E-state index is 13.5. The Kier molecular flexibility index (Phi) is 4.95. The van der Waals surface area contributed by atoms with Crippen LogP contribution in [-0.2, 0) is 17.4 Å². The number of halogens is 3. The number of fused-ring (bicyclic) bond motifs is 1. The molecule has 0 spiro atoms. The average molecular weight is 426 g/mol. The molecule has 1 aliphatic heterocycles. The van der Waals surface area contributed by atoms with Crippen LogP contribution >= 0.6 is 0 Å². The molecular weight excluding hydrogens is 405 g/mol. The third kappa shape index (κ3) is 3.85. The van der Waals surface area contributed by atoms with Gasteiger partial charge in [0.25, 0.3) is 5.91 Å². The number of carbonyl (C=O) groups excluding carboxylic acids is 1. The Morgan fingerprint density at radius 1 is 1.16 bits per heavy atom. The zero-order chi connectivity index (χ0) is 22.4. The number of rotatable bonds is 3. The fourth-order valence-electron chi connectivity index (χ4n) is 3.97. The highest BCUT2D eigenvalue weighted by atomic mass is 19.4. The van der Waals surface area contributed by atoms with Gasteiger partial charge in [-0.3, -0.25) is 9.78 Å². The Balaban J connectivity index is 1.81. The number of nitrogens with zero attached hydrogens (tertiary/aromatic N) is 3. The van der Waals surface area contributed by atoms with Crippen molar-refractivity contribution in [2.45, 2.75) is 38.9 Å². The van der Waals surface area contributed by atoms with E-state index < -0.39 is 17.3 Å². The molecule has 1 atom stereocenters. The van der Waals surface area contributed by atoms with Gasteiger partial charge >= 0.3 is 6.18 Å². The Labute approximate surface area is 178 Å². The summed E-state index contributed by atoms with van der Waals surface area (Å²) >= 11 is 0. The smallest absolute Gasteiger partial charge is 0.324 e. The maximum atomic E-state index is 13.5. The number of carbonyl (C=O) groups is 1. The molecular formula is C23H21F3N4O. The first-order valence-electron chi connectivity index (χ1n) is 9.75. The first-order valence-corrected chi connectivity index (χ1v) is 9.75. The van der Waals surface area contributed by atoms with Crippen LogP contribution in [0.2, 0.25) is 0 Å². The first kappa shape index (κ1) is 20.8. The van der Waals surface area contributed by atoms with Gasteiger partial charge in [-0.15, -0.1) is 0 Å². The second kappa shape index (κ2) is 7.37. The molecule has 0 saturated heterocycles. The van der Waals surface area contributed by atoms with Crippen LogP contribution in [0.25, 0.3) is 0 Å². The number of anilines is 3. The fourth-order valence-corrected chi connectivity index (χ4v) is 3.97. The van der Waals surface area contributed by atoms with Gasteiger partial charge < -0.3 is 10.2 Å². The molecule has 1 aromatic carbocycles. The van der Waals surface area contributed by atoms with E-state index in [1.807, 2.05) is 25.1 Å². The van der Waals surface area contributed by atoms with Gasteiger partial charge in [-0.05, 0) is 62.2 Å². The van der Waals surface area contributed by atoms with Crippen molar-refractivity contribution < 1.29 is 18.0 Å². The molecule has 0 fully saturated rings. The number of alkyl halides is 3. The van der Waals surface area contributed by atoms with E-state index in [4.69, 9.17) is 0 Å². The Bertz CT molecular complexity index is 1160. The zero-order valence-electron chi connectivity index (χ0n) is 17.3. The minimum Gasteiger partial charge on any atom is -0.324 e. The quantitative estimate of drug-likeness (QED) is 0.625. The maximum Gasteiger partial charge on any atom is 0.416 e. The number of aryl methyl sites for hydroxylation is 2. The highest BCUT2D eigenvalue weighted by Gasteiger charge is 2.48. The molecule has 5 nitrogen and oxygen atoms in total. The van der Waals surface area contributed by atoms with Crippen LogP contribution in [0.4, 0.5) is 30.4 Å². The monoisotopic (exact) mass is 426 g/mol. The van der Waals surface area contributed by atoms with E-state index in [1.165, 1.54) is 6.92 Å². The Morgan fingerprint density at radius 2 is 1.94 bits per heavy atom. The zero-order valence-corrected chi connectivity index (χ0v) is 17.3. The van der Waals surface area contributed by atoms with Gasteiger partial charge in [0.2, 0.25) is 0 Å². The summed E-state index contributed by atoms with van der Waals surface area (Å²) in [6.45, 7) is 5.12. The summed E-state index contributed by atoms with van der Waals surface area (Å²) in [6, 6.07) is 11.0. The van der Waals surface area contributed by atoms with Crippen LogP contribution < -0.4 is 10.2 Å². The predicted octanol–water partition coefficient (Wildman–Crippen LogP) is 5.20. The minimum atomic E-state index is -4.52. The third-order valence-electron chi connectivity index (χ3n) is 5.41. The molecule has 2 aromatic heterocycles. The highest BCUT2D eigenvalue weighted by molar-refractivity contribution is 6.03. The van der Waals surface area contributed by atoms with E-state index >= 15 is 0 Å². The molecule has 8 heteroatoms. The van der Waals surface area contributed by atoms with Gasteiger partial charge in [-0.2, -0.15) is 13.2 Å². The third-order valence-corrected chi connectivity index (χ3v) is 5.41. The molecule has 31 heavy (non-hydrogen) atoms. The van der Waals surface area contributed by atoms with Crippen LogP contribution in [-0.4, -0.2) is 21.4 Å². The lowest BCUT2D eigenvalue weighted by Crippen LogP contribution is -2.51. The number of hydrogen-bond donors (Lipinski definition) is 1. The fraction of sp³-hybridized carbons (Fsp3) is 0.261. The van der Waals surface area contributed by atoms with Crippen LogP contribution in [0, 0.1) is 13.8 Å². The average Bonchev–Trinajstić information content (AvgIpc) is 3.00. The summed E-state index contributed by atoms with van der Waals surface area (Å²) in [5.41, 5.74) is 1.19. The lowest BCUT2D eigenvalue weighted by atomic mass is 9.95. The number of nitrogens with one attached hydrogen (secondary N) is 1. The largest absolute Gasteiger partial charge is 0.416 e. The molecule has 1 aliphatic rings. The molecule has 1 unspecified atom stereocenters. The molecule has 3 heterocycles. The standard InChI is InChI=1S/C23H21F3N4O/c1-14-5-4-6-18(9-14)29-21(31)22(3)12-16-13-27-8-7-19(16)30(22)20-11-17(23(24,25)26)10-15(2)28-20/h4-11,13H,12H2,1-3H3,(H,29,31). The molecule has 160 valence electrons. The van der Waals surface area contributed by atoms with Gasteiger partial charge in [0.15, 0.2) is 0 Å². The SMILES string of the molecule is Cc1cccc(NC(=O)C2(C)Cc3cnccc3N2c2cc(C(F)(F)F)cc(C)n2)c1. The van der Waals surface area contributed by atoms with E-state index in [-0.39, 0.29) is 23.8 Å². The summed E-state index contributed by atoms with van der Waals surface area (Å²) in [5, 5.41) is 2.91. The topological polar surface area (TPSA) is 58.1 Å². The van der Waals surface area contributed by atoms with Crippen molar-refractivity contribution in [3.05, 3.63) is 77.2 Å². The Morgan fingerprint density at radius 3 is 2.65 bits per heavy atom. The molecule has 0 aliphatic carbocycles. The summed E-state index contributed by atoms with van der Waals surface area (Å²) in [7, 11) is 0. The summed E-state index contributed by atoms with van der Waals surface area (Å²) in [5.74, 6) is -0.273. The first-order chi connectivity index (χ1) is 14.6. The van der Waals surface area contributed by atoms with Crippen molar-refractivity contribution in [1.29, 1.82) is 0 Å². The van der Waals surface area contributed by atoms with Crippen LogP contribution in [0.5, 0.6) is 0 Å². The van der Waals surface area contributed by atoms with Crippen LogP contribution in [0.3, 0.4) is 0 Å². The normalized spacial score (nSPS) is 18.1. The molecule has 3 aromatic rings. The van der Waals surface area contributed by atoms with Gasteiger partial charge in [0.1, 0.15) is 11.4 Å². The van der Waals surface area contributed by atoms with Crippen LogP contribution in [0.1, 0.15) is 29.3 Å². The summed E-state index contributed by atoms with van der Waals surface area (Å²) in [4.78, 5) is 23.5. The van der Waals surface area contributed by atoms with Crippen molar-refractivity contribution >= 4 is 23.1 Å². The van der Waals surface area contributed by atoms with E-state index in [9.17, 15) is 18.0 Å². The van der Waals surface area contributed by atoms with Crippen LogP contribution in [0.15, 0.2) is 54.9 Å². The number of aromatic nitrogens is 2. The number of benzene rings is 1. The van der Waals surface area contributed by atoms with Crippen molar-refractivity contribution in [3.63, 3.8) is 0 Å². The van der Waals surface area contributed by atoms with E-state index in [0.29, 0.717) is 11.4 Å². The highest BCUT2D eigenvalue weighted by Crippen LogP contribution is 2.45. The van der Waals surface area contributed by atoms with E-state index in [2.05, 4.69) is 15.3 Å². The molecule has 4 rings (SSSR count). The molecule has 1 N–H and O–H groups in total.